The number of hydrogen-bond acceptors (Lipinski definition) is 5. The molecule has 3 rings (SSSR count). The number of amides is 1. The van der Waals surface area contributed by atoms with Gasteiger partial charge in [0, 0.05) is 29.2 Å². The van der Waals surface area contributed by atoms with E-state index in [1.807, 2.05) is 20.8 Å². The van der Waals surface area contributed by atoms with Gasteiger partial charge in [-0.2, -0.15) is 5.26 Å². The third-order valence-corrected chi connectivity index (χ3v) is 7.48. The number of hydrogen-bond donors (Lipinski definition) is 3. The van der Waals surface area contributed by atoms with Crippen LogP contribution in [0.1, 0.15) is 50.8 Å². The van der Waals surface area contributed by atoms with Crippen molar-refractivity contribution in [3.63, 3.8) is 0 Å². The molecule has 1 amide bonds. The fraction of sp³-hybridized carbons (Fsp3) is 0.500. The van der Waals surface area contributed by atoms with Crippen molar-refractivity contribution >= 4 is 29.1 Å². The zero-order valence-electron chi connectivity index (χ0n) is 21.6. The SMILES string of the molecule is CC(C)(C)C[C@@H]1CN(CC(=O)NCC[C@H](O)CO)[C@H](c2cccc(Cl)c2F)C1(C#N)c1ccc(Cl)cc1F. The highest BCUT2D eigenvalue weighted by Gasteiger charge is 2.58. The highest BCUT2D eigenvalue weighted by atomic mass is 35.5. The van der Waals surface area contributed by atoms with Crippen LogP contribution in [-0.2, 0) is 10.2 Å². The molecular weight excluding hydrogens is 535 g/mol. The summed E-state index contributed by atoms with van der Waals surface area (Å²) in [7, 11) is 0. The Hall–Kier alpha value is -2.28. The van der Waals surface area contributed by atoms with Gasteiger partial charge in [0.25, 0.3) is 0 Å². The summed E-state index contributed by atoms with van der Waals surface area (Å²) in [6, 6.07) is 9.89. The first-order valence-corrected chi connectivity index (χ1v) is 13.2. The molecule has 1 heterocycles. The molecule has 3 N–H and O–H groups in total. The van der Waals surface area contributed by atoms with Crippen LogP contribution in [0.5, 0.6) is 0 Å². The lowest BCUT2D eigenvalue weighted by Gasteiger charge is -2.38. The summed E-state index contributed by atoms with van der Waals surface area (Å²) < 4.78 is 31.2. The van der Waals surface area contributed by atoms with Gasteiger partial charge in [0.15, 0.2) is 0 Å². The molecule has 206 valence electrons. The Morgan fingerprint density at radius 2 is 2.00 bits per heavy atom. The van der Waals surface area contributed by atoms with E-state index in [9.17, 15) is 15.2 Å². The average Bonchev–Trinajstić information content (AvgIpc) is 3.12. The Morgan fingerprint density at radius 3 is 2.61 bits per heavy atom. The van der Waals surface area contributed by atoms with E-state index in [0.29, 0.717) is 6.42 Å². The van der Waals surface area contributed by atoms with Gasteiger partial charge in [-0.15, -0.1) is 0 Å². The van der Waals surface area contributed by atoms with Gasteiger partial charge in [-0.3, -0.25) is 9.69 Å². The van der Waals surface area contributed by atoms with Gasteiger partial charge < -0.3 is 15.5 Å². The van der Waals surface area contributed by atoms with E-state index in [0.717, 1.165) is 6.07 Å². The minimum absolute atomic E-state index is 0.0806. The monoisotopic (exact) mass is 567 g/mol. The maximum atomic E-state index is 15.6. The Balaban J connectivity index is 2.16. The number of nitriles is 1. The Morgan fingerprint density at radius 1 is 1.29 bits per heavy atom. The molecule has 1 fully saturated rings. The lowest BCUT2D eigenvalue weighted by molar-refractivity contribution is -0.122. The Bertz CT molecular complexity index is 1200. The van der Waals surface area contributed by atoms with Crippen LogP contribution in [0, 0.1) is 34.3 Å². The molecule has 0 bridgehead atoms. The molecule has 0 spiro atoms. The molecule has 38 heavy (non-hydrogen) atoms. The summed E-state index contributed by atoms with van der Waals surface area (Å²) >= 11 is 12.2. The molecule has 1 saturated heterocycles. The maximum Gasteiger partial charge on any atom is 0.234 e. The average molecular weight is 568 g/mol. The standard InChI is InChI=1S/C28H33Cl2F2N3O3/c1-27(2,3)12-17-13-35(14-24(38)34-10-9-19(37)15-36)26(20-5-4-6-22(30)25(20)32)28(17,16-33)21-8-7-18(29)11-23(21)31/h4-8,11,17,19,26,36-37H,9-10,12-15H2,1-3H3,(H,34,38)/t17-,19+,26-,28?/m1/s1. The maximum absolute atomic E-state index is 15.6. The Kier molecular flexibility index (Phi) is 9.77. The molecule has 2 aromatic rings. The first-order chi connectivity index (χ1) is 17.8. The van der Waals surface area contributed by atoms with Crippen molar-refractivity contribution < 1.29 is 23.8 Å². The number of likely N-dealkylation sites (tertiary alicyclic amines) is 1. The van der Waals surface area contributed by atoms with Crippen molar-refractivity contribution in [1.82, 2.24) is 10.2 Å². The number of carbonyl (C=O) groups is 1. The van der Waals surface area contributed by atoms with Gasteiger partial charge in [-0.25, -0.2) is 8.78 Å². The second-order valence-corrected chi connectivity index (χ2v) is 11.9. The van der Waals surface area contributed by atoms with Crippen molar-refractivity contribution in [3.8, 4) is 6.07 Å². The molecule has 0 radical (unpaired) electrons. The molecule has 0 saturated carbocycles. The van der Waals surface area contributed by atoms with Crippen LogP contribution in [-0.4, -0.2) is 53.4 Å². The quantitative estimate of drug-likeness (QED) is 0.396. The summed E-state index contributed by atoms with van der Waals surface area (Å²) in [6.45, 7) is 5.72. The summed E-state index contributed by atoms with van der Waals surface area (Å²) in [6.07, 6.45) is -0.327. The highest BCUT2D eigenvalue weighted by molar-refractivity contribution is 6.31. The normalized spacial score (nSPS) is 22.7. The fourth-order valence-corrected chi connectivity index (χ4v) is 5.79. The van der Waals surface area contributed by atoms with E-state index in [2.05, 4.69) is 11.4 Å². The molecule has 4 atom stereocenters. The third-order valence-electron chi connectivity index (χ3n) is 6.95. The predicted octanol–water partition coefficient (Wildman–Crippen LogP) is 5.00. The van der Waals surface area contributed by atoms with Crippen molar-refractivity contribution in [2.75, 3.05) is 26.2 Å². The fourth-order valence-electron chi connectivity index (χ4n) is 5.45. The van der Waals surface area contributed by atoms with Crippen LogP contribution >= 0.6 is 23.2 Å². The smallest absolute Gasteiger partial charge is 0.234 e. The minimum Gasteiger partial charge on any atom is -0.394 e. The molecule has 10 heteroatoms. The summed E-state index contributed by atoms with van der Waals surface area (Å²) in [4.78, 5) is 14.6. The van der Waals surface area contributed by atoms with E-state index < -0.39 is 47.6 Å². The summed E-state index contributed by atoms with van der Waals surface area (Å²) in [5, 5.41) is 32.1. The predicted molar refractivity (Wildman–Crippen MR) is 143 cm³/mol. The summed E-state index contributed by atoms with van der Waals surface area (Å²) in [5.74, 6) is -2.31. The van der Waals surface area contributed by atoms with E-state index in [4.69, 9.17) is 28.3 Å². The van der Waals surface area contributed by atoms with Crippen LogP contribution in [0.2, 0.25) is 10.0 Å². The molecule has 1 aliphatic rings. The second kappa shape index (κ2) is 12.3. The lowest BCUT2D eigenvalue weighted by atomic mass is 9.63. The van der Waals surface area contributed by atoms with E-state index in [1.54, 1.807) is 11.0 Å². The number of halogens is 4. The van der Waals surface area contributed by atoms with Crippen LogP contribution in [0.15, 0.2) is 36.4 Å². The number of aliphatic hydroxyl groups excluding tert-OH is 2. The van der Waals surface area contributed by atoms with Gasteiger partial charge in [-0.05, 0) is 42.4 Å². The topological polar surface area (TPSA) is 96.6 Å². The minimum atomic E-state index is -1.57. The largest absolute Gasteiger partial charge is 0.394 e. The first-order valence-electron chi connectivity index (χ1n) is 12.4. The molecule has 1 aliphatic heterocycles. The number of nitrogens with one attached hydrogen (secondary N) is 1. The molecule has 2 aromatic carbocycles. The third kappa shape index (κ3) is 6.47. The zero-order chi connectivity index (χ0) is 28.3. The lowest BCUT2D eigenvalue weighted by Crippen LogP contribution is -2.42. The molecule has 6 nitrogen and oxygen atoms in total. The van der Waals surface area contributed by atoms with Crippen LogP contribution < -0.4 is 5.32 Å². The van der Waals surface area contributed by atoms with E-state index in [1.165, 1.54) is 24.3 Å². The molecule has 1 unspecified atom stereocenters. The van der Waals surface area contributed by atoms with Gasteiger partial charge in [0.2, 0.25) is 5.91 Å². The van der Waals surface area contributed by atoms with Crippen LogP contribution in [0.25, 0.3) is 0 Å². The second-order valence-electron chi connectivity index (χ2n) is 11.0. The van der Waals surface area contributed by atoms with Crippen LogP contribution in [0.4, 0.5) is 8.78 Å². The zero-order valence-corrected chi connectivity index (χ0v) is 23.2. The molecular formula is C28H33Cl2F2N3O3. The van der Waals surface area contributed by atoms with Crippen molar-refractivity contribution in [2.24, 2.45) is 11.3 Å². The van der Waals surface area contributed by atoms with Gasteiger partial charge in [0.1, 0.15) is 17.0 Å². The van der Waals surface area contributed by atoms with Gasteiger partial charge in [0.05, 0.1) is 36.4 Å². The number of benzene rings is 2. The van der Waals surface area contributed by atoms with Crippen LogP contribution in [0.3, 0.4) is 0 Å². The number of carbonyl (C=O) groups excluding carboxylic acids is 1. The van der Waals surface area contributed by atoms with Crippen molar-refractivity contribution in [3.05, 3.63) is 69.2 Å². The van der Waals surface area contributed by atoms with Gasteiger partial charge in [-0.1, -0.05) is 62.2 Å². The highest BCUT2D eigenvalue weighted by Crippen LogP contribution is 2.56. The van der Waals surface area contributed by atoms with Gasteiger partial charge >= 0.3 is 0 Å². The van der Waals surface area contributed by atoms with E-state index >= 15 is 8.78 Å². The number of rotatable bonds is 9. The molecule has 0 aromatic heterocycles. The first kappa shape index (κ1) is 30.3. The Labute approximate surface area is 232 Å². The molecule has 0 aliphatic carbocycles. The number of nitrogens with zero attached hydrogens (tertiary/aromatic N) is 2. The van der Waals surface area contributed by atoms with Crippen molar-refractivity contribution in [1.29, 1.82) is 5.26 Å². The number of aliphatic hydroxyl groups is 2. The summed E-state index contributed by atoms with van der Waals surface area (Å²) in [5.41, 5.74) is -1.67. The van der Waals surface area contributed by atoms with E-state index in [-0.39, 0.29) is 52.6 Å². The van der Waals surface area contributed by atoms with Crippen molar-refractivity contribution in [2.45, 2.75) is 51.2 Å².